The highest BCUT2D eigenvalue weighted by molar-refractivity contribution is 5.94. The molecule has 1 saturated heterocycles. The van der Waals surface area contributed by atoms with E-state index in [0.717, 1.165) is 37.1 Å². The van der Waals surface area contributed by atoms with E-state index < -0.39 is 0 Å². The average Bonchev–Trinajstić information content (AvgIpc) is 2.58. The molecule has 1 heterocycles. The third-order valence-corrected chi connectivity index (χ3v) is 5.54. The topological polar surface area (TPSA) is 55.6 Å². The molecule has 132 valence electrons. The summed E-state index contributed by atoms with van der Waals surface area (Å²) in [6, 6.07) is 7.83. The Morgan fingerprint density at radius 2 is 1.96 bits per heavy atom. The van der Waals surface area contributed by atoms with Crippen LogP contribution >= 0.6 is 0 Å². The third-order valence-electron chi connectivity index (χ3n) is 5.54. The lowest BCUT2D eigenvalue weighted by Crippen LogP contribution is -2.54. The summed E-state index contributed by atoms with van der Waals surface area (Å²) in [6.07, 6.45) is 7.20. The fourth-order valence-corrected chi connectivity index (χ4v) is 3.81. The smallest absolute Gasteiger partial charge is 0.254 e. The van der Waals surface area contributed by atoms with E-state index in [1.54, 1.807) is 0 Å². The minimum atomic E-state index is -0.0376. The third kappa shape index (κ3) is 3.92. The number of hydrogen-bond donors (Lipinski definition) is 1. The van der Waals surface area contributed by atoms with E-state index in [4.69, 9.17) is 10.5 Å². The Morgan fingerprint density at radius 1 is 1.21 bits per heavy atom. The number of benzene rings is 1. The van der Waals surface area contributed by atoms with Gasteiger partial charge in [-0.05, 0) is 55.7 Å². The summed E-state index contributed by atoms with van der Waals surface area (Å²) in [7, 11) is 0. The summed E-state index contributed by atoms with van der Waals surface area (Å²) in [5.41, 5.74) is 6.86. The van der Waals surface area contributed by atoms with Gasteiger partial charge in [0.15, 0.2) is 0 Å². The first-order valence-electron chi connectivity index (χ1n) is 9.27. The normalized spacial score (nSPS) is 24.6. The number of amides is 1. The predicted molar refractivity (Wildman–Crippen MR) is 96.2 cm³/mol. The highest BCUT2D eigenvalue weighted by Gasteiger charge is 2.35. The van der Waals surface area contributed by atoms with Gasteiger partial charge in [0.2, 0.25) is 0 Å². The standard InChI is InChI=1S/C20H30N2O2/c1-20(2)14-22(12-11-18(20)21)19(23)15-7-6-10-17(13-15)24-16-8-4-3-5-9-16/h6-7,10,13,16,18H,3-5,8-9,11-12,14,21H2,1-2H3. The molecular weight excluding hydrogens is 300 g/mol. The predicted octanol–water partition coefficient (Wildman–Crippen LogP) is 3.60. The zero-order valence-corrected chi connectivity index (χ0v) is 15.0. The molecule has 0 bridgehead atoms. The Balaban J connectivity index is 1.68. The molecule has 1 aromatic rings. The number of rotatable bonds is 3. The first kappa shape index (κ1) is 17.3. The summed E-state index contributed by atoms with van der Waals surface area (Å²) in [4.78, 5) is 14.8. The van der Waals surface area contributed by atoms with E-state index in [1.165, 1.54) is 19.3 Å². The lowest BCUT2D eigenvalue weighted by atomic mass is 9.79. The largest absolute Gasteiger partial charge is 0.490 e. The van der Waals surface area contributed by atoms with Gasteiger partial charge < -0.3 is 15.4 Å². The van der Waals surface area contributed by atoms with E-state index in [2.05, 4.69) is 13.8 Å². The molecular formula is C20H30N2O2. The summed E-state index contributed by atoms with van der Waals surface area (Å²) in [5, 5.41) is 0. The average molecular weight is 330 g/mol. The van der Waals surface area contributed by atoms with Crippen molar-refractivity contribution < 1.29 is 9.53 Å². The molecule has 1 aromatic carbocycles. The van der Waals surface area contributed by atoms with Crippen LogP contribution in [0.15, 0.2) is 24.3 Å². The second kappa shape index (κ2) is 7.14. The van der Waals surface area contributed by atoms with Gasteiger partial charge in [-0.15, -0.1) is 0 Å². The number of ether oxygens (including phenoxy) is 1. The molecule has 3 rings (SSSR count). The van der Waals surface area contributed by atoms with E-state index in [-0.39, 0.29) is 17.4 Å². The van der Waals surface area contributed by atoms with Crippen LogP contribution in [0.1, 0.15) is 62.7 Å². The number of carbonyl (C=O) groups excluding carboxylic acids is 1. The molecule has 0 aromatic heterocycles. The zero-order chi connectivity index (χ0) is 17.2. The Morgan fingerprint density at radius 3 is 2.67 bits per heavy atom. The summed E-state index contributed by atoms with van der Waals surface area (Å²) < 4.78 is 6.10. The summed E-state index contributed by atoms with van der Waals surface area (Å²) in [5.74, 6) is 0.907. The SMILES string of the molecule is CC1(C)CN(C(=O)c2cccc(OC3CCCCC3)c2)CCC1N. The van der Waals surface area contributed by atoms with Crippen molar-refractivity contribution in [2.24, 2.45) is 11.1 Å². The van der Waals surface area contributed by atoms with Gasteiger partial charge in [0.1, 0.15) is 5.75 Å². The number of likely N-dealkylation sites (tertiary alicyclic amines) is 1. The van der Waals surface area contributed by atoms with Crippen molar-refractivity contribution in [2.75, 3.05) is 13.1 Å². The molecule has 0 spiro atoms. The van der Waals surface area contributed by atoms with Crippen molar-refractivity contribution in [1.29, 1.82) is 0 Å². The van der Waals surface area contributed by atoms with Gasteiger partial charge in [0.05, 0.1) is 6.10 Å². The Bertz CT molecular complexity index is 579. The van der Waals surface area contributed by atoms with Gasteiger partial charge >= 0.3 is 0 Å². The molecule has 0 radical (unpaired) electrons. The minimum Gasteiger partial charge on any atom is -0.490 e. The van der Waals surface area contributed by atoms with Crippen LogP contribution in [-0.2, 0) is 0 Å². The fraction of sp³-hybridized carbons (Fsp3) is 0.650. The molecule has 24 heavy (non-hydrogen) atoms. The maximum atomic E-state index is 12.9. The van der Waals surface area contributed by atoms with E-state index in [0.29, 0.717) is 12.6 Å². The number of carbonyl (C=O) groups is 1. The van der Waals surface area contributed by atoms with Crippen LogP contribution in [0.5, 0.6) is 5.75 Å². The maximum absolute atomic E-state index is 12.9. The summed E-state index contributed by atoms with van der Waals surface area (Å²) in [6.45, 7) is 5.72. The lowest BCUT2D eigenvalue weighted by molar-refractivity contribution is 0.0532. The van der Waals surface area contributed by atoms with Crippen LogP contribution in [0.2, 0.25) is 0 Å². The number of nitrogens with zero attached hydrogens (tertiary/aromatic N) is 1. The van der Waals surface area contributed by atoms with Crippen molar-refractivity contribution in [1.82, 2.24) is 4.90 Å². The monoisotopic (exact) mass is 330 g/mol. The minimum absolute atomic E-state index is 0.0376. The lowest BCUT2D eigenvalue weighted by Gasteiger charge is -2.42. The van der Waals surface area contributed by atoms with Gasteiger partial charge in [-0.2, -0.15) is 0 Å². The van der Waals surface area contributed by atoms with Crippen LogP contribution < -0.4 is 10.5 Å². The number of hydrogen-bond acceptors (Lipinski definition) is 3. The molecule has 1 unspecified atom stereocenters. The van der Waals surface area contributed by atoms with Gasteiger partial charge in [0.25, 0.3) is 5.91 Å². The molecule has 2 N–H and O–H groups in total. The van der Waals surface area contributed by atoms with Gasteiger partial charge in [0, 0.05) is 24.7 Å². The van der Waals surface area contributed by atoms with Crippen molar-refractivity contribution in [3.8, 4) is 5.75 Å². The molecule has 2 aliphatic rings. The highest BCUT2D eigenvalue weighted by atomic mass is 16.5. The molecule has 1 saturated carbocycles. The molecule has 4 nitrogen and oxygen atoms in total. The van der Waals surface area contributed by atoms with E-state index >= 15 is 0 Å². The van der Waals surface area contributed by atoms with E-state index in [1.807, 2.05) is 29.2 Å². The van der Waals surface area contributed by atoms with Crippen LogP contribution in [0.4, 0.5) is 0 Å². The van der Waals surface area contributed by atoms with Crippen LogP contribution in [0.3, 0.4) is 0 Å². The highest BCUT2D eigenvalue weighted by Crippen LogP contribution is 2.29. The van der Waals surface area contributed by atoms with Crippen molar-refractivity contribution >= 4 is 5.91 Å². The van der Waals surface area contributed by atoms with Gasteiger partial charge in [-0.25, -0.2) is 0 Å². The van der Waals surface area contributed by atoms with Crippen molar-refractivity contribution in [3.05, 3.63) is 29.8 Å². The Kier molecular flexibility index (Phi) is 5.14. The second-order valence-electron chi connectivity index (χ2n) is 8.02. The second-order valence-corrected chi connectivity index (χ2v) is 8.02. The maximum Gasteiger partial charge on any atom is 0.254 e. The first-order chi connectivity index (χ1) is 11.5. The van der Waals surface area contributed by atoms with Gasteiger partial charge in [-0.3, -0.25) is 4.79 Å². The zero-order valence-electron chi connectivity index (χ0n) is 15.0. The van der Waals surface area contributed by atoms with Crippen molar-refractivity contribution in [2.45, 2.75) is 64.5 Å². The number of piperidine rings is 1. The fourth-order valence-electron chi connectivity index (χ4n) is 3.81. The molecule has 1 aliphatic carbocycles. The van der Waals surface area contributed by atoms with E-state index in [9.17, 15) is 4.79 Å². The Hall–Kier alpha value is -1.55. The van der Waals surface area contributed by atoms with Crippen LogP contribution in [0.25, 0.3) is 0 Å². The molecule has 2 fully saturated rings. The molecule has 4 heteroatoms. The van der Waals surface area contributed by atoms with Gasteiger partial charge in [-0.1, -0.05) is 26.3 Å². The first-order valence-corrected chi connectivity index (χ1v) is 9.27. The van der Waals surface area contributed by atoms with Crippen LogP contribution in [-0.4, -0.2) is 36.0 Å². The molecule has 1 atom stereocenters. The van der Waals surface area contributed by atoms with Crippen molar-refractivity contribution in [3.63, 3.8) is 0 Å². The molecule has 1 aliphatic heterocycles. The number of nitrogens with two attached hydrogens (primary N) is 1. The van der Waals surface area contributed by atoms with Crippen LogP contribution in [0, 0.1) is 5.41 Å². The quantitative estimate of drug-likeness (QED) is 0.921. The summed E-state index contributed by atoms with van der Waals surface area (Å²) >= 11 is 0. The Labute approximate surface area is 145 Å². The molecule has 1 amide bonds.